The van der Waals surface area contributed by atoms with Crippen molar-refractivity contribution in [2.75, 3.05) is 65.2 Å². The summed E-state index contributed by atoms with van der Waals surface area (Å²) in [5.41, 5.74) is 5.13. The highest BCUT2D eigenvalue weighted by molar-refractivity contribution is 7.89. The molecule has 10 nitrogen and oxygen atoms in total. The number of nitrogens with zero attached hydrogens (tertiary/aromatic N) is 3. The molecule has 5 rings (SSSR count). The van der Waals surface area contributed by atoms with Gasteiger partial charge in [0.1, 0.15) is 12.4 Å². The van der Waals surface area contributed by atoms with E-state index in [1.165, 1.54) is 0 Å². The normalized spacial score (nSPS) is 20.0. The largest absolute Gasteiger partial charge is 0.490 e. The average molecular weight is 720 g/mol. The molecule has 1 unspecified atom stereocenters. The van der Waals surface area contributed by atoms with E-state index in [0.29, 0.717) is 58.9 Å². The molecule has 2 aliphatic heterocycles. The van der Waals surface area contributed by atoms with Crippen molar-refractivity contribution in [2.24, 2.45) is 5.92 Å². The topological polar surface area (TPSA) is 111 Å². The van der Waals surface area contributed by atoms with Crippen molar-refractivity contribution in [1.82, 2.24) is 4.31 Å². The monoisotopic (exact) mass is 719 g/mol. The molecule has 3 aromatic carbocycles. The van der Waals surface area contributed by atoms with E-state index in [4.69, 9.17) is 23.7 Å². The van der Waals surface area contributed by atoms with Crippen LogP contribution in [0.1, 0.15) is 60.8 Å². The summed E-state index contributed by atoms with van der Waals surface area (Å²) in [6.07, 6.45) is 2.12. The summed E-state index contributed by atoms with van der Waals surface area (Å²) in [4.78, 5) is 2.58. The Bertz CT molecular complexity index is 1680. The van der Waals surface area contributed by atoms with Gasteiger partial charge < -0.3 is 28.6 Å². The van der Waals surface area contributed by atoms with Crippen molar-refractivity contribution in [1.29, 1.82) is 5.26 Å². The molecule has 3 aromatic rings. The maximum Gasteiger partial charge on any atom is 0.243 e. The van der Waals surface area contributed by atoms with E-state index in [1.807, 2.05) is 38.1 Å². The van der Waals surface area contributed by atoms with Crippen LogP contribution in [-0.4, -0.2) is 85.2 Å². The lowest BCUT2D eigenvalue weighted by Gasteiger charge is -2.44. The molecular formula is C40H53N3O7S. The maximum absolute atomic E-state index is 14.4. The summed E-state index contributed by atoms with van der Waals surface area (Å²) in [6, 6.07) is 23.5. The number of ether oxygens (including phenoxy) is 5. The third-order valence-corrected chi connectivity index (χ3v) is 11.9. The number of anilines is 1. The summed E-state index contributed by atoms with van der Waals surface area (Å²) < 4.78 is 59.2. The molecule has 0 spiro atoms. The minimum absolute atomic E-state index is 0.0920. The van der Waals surface area contributed by atoms with E-state index < -0.39 is 16.1 Å². The fourth-order valence-corrected chi connectivity index (χ4v) is 8.62. The summed E-state index contributed by atoms with van der Waals surface area (Å²) >= 11 is 0. The van der Waals surface area contributed by atoms with E-state index in [-0.39, 0.29) is 29.3 Å². The predicted molar refractivity (Wildman–Crippen MR) is 197 cm³/mol. The van der Waals surface area contributed by atoms with E-state index in [1.54, 1.807) is 30.7 Å². The highest BCUT2D eigenvalue weighted by Crippen LogP contribution is 2.40. The van der Waals surface area contributed by atoms with E-state index in [2.05, 4.69) is 41.3 Å². The summed E-state index contributed by atoms with van der Waals surface area (Å²) in [5, 5.41) is 9.96. The Morgan fingerprint density at radius 2 is 1.71 bits per heavy atom. The Morgan fingerprint density at radius 3 is 2.41 bits per heavy atom. The van der Waals surface area contributed by atoms with Gasteiger partial charge in [-0.2, -0.15) is 9.57 Å². The van der Waals surface area contributed by atoms with Gasteiger partial charge in [0.05, 0.1) is 55.7 Å². The van der Waals surface area contributed by atoms with Crippen molar-refractivity contribution in [3.8, 4) is 11.8 Å². The Labute approximate surface area is 304 Å². The van der Waals surface area contributed by atoms with E-state index >= 15 is 0 Å². The van der Waals surface area contributed by atoms with Gasteiger partial charge in [0.25, 0.3) is 0 Å². The van der Waals surface area contributed by atoms with Crippen LogP contribution < -0.4 is 9.64 Å². The van der Waals surface area contributed by atoms with Crippen molar-refractivity contribution in [3.05, 3.63) is 89.0 Å². The van der Waals surface area contributed by atoms with Crippen LogP contribution in [0.2, 0.25) is 0 Å². The highest BCUT2D eigenvalue weighted by Gasteiger charge is 2.43. The molecule has 276 valence electrons. The Kier molecular flexibility index (Phi) is 14.3. The first kappa shape index (κ1) is 38.7. The molecule has 0 amide bonds. The SMILES string of the molecule is CCC(C#N)C[C@H]1C[C@H](c2ccc(COCCOC)cc2)[C@@H](OCc2ccc3c(c2)N(CCCOC)CCO3)CN1S(=O)(=O)c1ccc(C)cc1. The number of hydrogen-bond acceptors (Lipinski definition) is 9. The smallest absolute Gasteiger partial charge is 0.243 e. The first-order valence-electron chi connectivity index (χ1n) is 18.0. The van der Waals surface area contributed by atoms with Gasteiger partial charge in [-0.3, -0.25) is 0 Å². The number of nitriles is 1. The maximum atomic E-state index is 14.4. The van der Waals surface area contributed by atoms with Crippen LogP contribution in [0.25, 0.3) is 0 Å². The molecule has 0 saturated carbocycles. The number of hydrogen-bond donors (Lipinski definition) is 0. The van der Waals surface area contributed by atoms with Gasteiger partial charge in [-0.25, -0.2) is 8.42 Å². The zero-order valence-electron chi connectivity index (χ0n) is 30.5. The second-order valence-electron chi connectivity index (χ2n) is 13.5. The molecule has 2 heterocycles. The fraction of sp³-hybridized carbons (Fsp3) is 0.525. The van der Waals surface area contributed by atoms with Gasteiger partial charge >= 0.3 is 0 Å². The van der Waals surface area contributed by atoms with Crippen LogP contribution in [0.4, 0.5) is 5.69 Å². The number of aryl methyl sites for hydroxylation is 1. The molecule has 51 heavy (non-hydrogen) atoms. The molecule has 4 atom stereocenters. The first-order valence-corrected chi connectivity index (χ1v) is 19.5. The molecule has 1 saturated heterocycles. The zero-order chi connectivity index (χ0) is 36.2. The Hall–Kier alpha value is -3.50. The molecule has 0 aliphatic carbocycles. The van der Waals surface area contributed by atoms with Gasteiger partial charge in [-0.15, -0.1) is 0 Å². The highest BCUT2D eigenvalue weighted by atomic mass is 32.2. The molecule has 0 radical (unpaired) electrons. The lowest BCUT2D eigenvalue weighted by molar-refractivity contribution is -0.0220. The lowest BCUT2D eigenvalue weighted by atomic mass is 9.81. The quantitative estimate of drug-likeness (QED) is 0.137. The van der Waals surface area contributed by atoms with E-state index in [0.717, 1.165) is 53.2 Å². The molecule has 1 fully saturated rings. The second kappa shape index (κ2) is 18.8. The number of fused-ring (bicyclic) bond motifs is 1. The lowest BCUT2D eigenvalue weighted by Crippen LogP contribution is -2.52. The number of benzene rings is 3. The number of sulfonamides is 1. The molecule has 11 heteroatoms. The van der Waals surface area contributed by atoms with Crippen LogP contribution >= 0.6 is 0 Å². The van der Waals surface area contributed by atoms with Crippen molar-refractivity contribution in [3.63, 3.8) is 0 Å². The first-order chi connectivity index (χ1) is 24.8. The summed E-state index contributed by atoms with van der Waals surface area (Å²) in [5.74, 6) is 0.496. The van der Waals surface area contributed by atoms with Gasteiger partial charge in [0.15, 0.2) is 0 Å². The molecular weight excluding hydrogens is 667 g/mol. The zero-order valence-corrected chi connectivity index (χ0v) is 31.3. The molecule has 0 aromatic heterocycles. The van der Waals surface area contributed by atoms with E-state index in [9.17, 15) is 13.7 Å². The number of methoxy groups -OCH3 is 2. The summed E-state index contributed by atoms with van der Waals surface area (Å²) in [6.45, 7) is 8.92. The van der Waals surface area contributed by atoms with Crippen LogP contribution in [-0.2, 0) is 42.2 Å². The van der Waals surface area contributed by atoms with Crippen LogP contribution in [0.15, 0.2) is 71.6 Å². The van der Waals surface area contributed by atoms with Gasteiger partial charge in [-0.05, 0) is 73.6 Å². The third kappa shape index (κ3) is 10.1. The van der Waals surface area contributed by atoms with Crippen molar-refractivity contribution < 1.29 is 32.1 Å². The minimum atomic E-state index is -3.88. The second-order valence-corrected chi connectivity index (χ2v) is 15.4. The Morgan fingerprint density at radius 1 is 0.961 bits per heavy atom. The van der Waals surface area contributed by atoms with Gasteiger partial charge in [0.2, 0.25) is 10.0 Å². The number of rotatable bonds is 18. The predicted octanol–water partition coefficient (Wildman–Crippen LogP) is 6.47. The van der Waals surface area contributed by atoms with Crippen molar-refractivity contribution >= 4 is 15.7 Å². The fourth-order valence-electron chi connectivity index (χ4n) is 6.97. The third-order valence-electron chi connectivity index (χ3n) is 9.93. The standard InChI is InChI=1S/C40H53N3O7S/c1-5-31(26-41)23-35-25-37(34-12-9-32(10-13-34)28-48-22-21-47-4)40(27-43(35)51(44,45)36-14-7-30(2)8-15-36)50-29-33-11-16-39-38(24-33)42(18-20-49-39)17-6-19-46-3/h7-16,24,31,35,37,40H,5-6,17-23,25,27-29H2,1-4H3/t31?,35-,37+,40-/m0/s1. The van der Waals surface area contributed by atoms with Gasteiger partial charge in [0, 0.05) is 51.8 Å². The van der Waals surface area contributed by atoms with Crippen LogP contribution in [0, 0.1) is 24.2 Å². The minimum Gasteiger partial charge on any atom is -0.490 e. The molecule has 0 N–H and O–H groups in total. The van der Waals surface area contributed by atoms with Crippen LogP contribution in [0.5, 0.6) is 5.75 Å². The van der Waals surface area contributed by atoms with Crippen LogP contribution in [0.3, 0.4) is 0 Å². The number of piperidine rings is 1. The molecule has 2 aliphatic rings. The van der Waals surface area contributed by atoms with Gasteiger partial charge in [-0.1, -0.05) is 55.0 Å². The average Bonchev–Trinajstić information content (AvgIpc) is 3.15. The Balaban J connectivity index is 1.44. The van der Waals surface area contributed by atoms with Crippen molar-refractivity contribution in [2.45, 2.75) is 75.7 Å². The molecule has 0 bridgehead atoms. The summed E-state index contributed by atoms with van der Waals surface area (Å²) in [7, 11) is -0.510.